The fourth-order valence-electron chi connectivity index (χ4n) is 2.57. The van der Waals surface area contributed by atoms with Gasteiger partial charge in [0.25, 0.3) is 10.0 Å². The lowest BCUT2D eigenvalue weighted by atomic mass is 10.1. The minimum absolute atomic E-state index is 0.207. The van der Waals surface area contributed by atoms with Crippen molar-refractivity contribution in [1.82, 2.24) is 0 Å². The first-order valence-corrected chi connectivity index (χ1v) is 10.5. The Morgan fingerprint density at radius 1 is 0.769 bits per heavy atom. The largest absolute Gasteiger partial charge is 0.383 e. The average Bonchev–Trinajstić information content (AvgIpc) is 2.64. The predicted octanol–water partition coefficient (Wildman–Crippen LogP) is 4.90. The van der Waals surface area contributed by atoms with E-state index in [-0.39, 0.29) is 4.90 Å². The normalized spacial score (nSPS) is 11.1. The Kier molecular flexibility index (Phi) is 5.96. The van der Waals surface area contributed by atoms with E-state index >= 15 is 0 Å². The minimum Gasteiger partial charge on any atom is -0.383 e. The van der Waals surface area contributed by atoms with Gasteiger partial charge in [-0.2, -0.15) is 0 Å². The second-order valence-corrected chi connectivity index (χ2v) is 8.25. The Bertz CT molecular complexity index is 976. The van der Waals surface area contributed by atoms with Gasteiger partial charge in [0.2, 0.25) is 0 Å². The number of nitrogens with one attached hydrogen (secondary N) is 2. The van der Waals surface area contributed by atoms with Crippen molar-refractivity contribution in [3.63, 3.8) is 0 Å². The van der Waals surface area contributed by atoms with Crippen LogP contribution in [-0.4, -0.2) is 15.0 Å². The van der Waals surface area contributed by atoms with E-state index in [9.17, 15) is 8.42 Å². The molecule has 0 unspecified atom stereocenters. The average molecular weight is 431 g/mol. The maximum atomic E-state index is 12.7. The quantitative estimate of drug-likeness (QED) is 0.559. The molecule has 0 fully saturated rings. The van der Waals surface area contributed by atoms with E-state index in [1.807, 2.05) is 30.3 Å². The summed E-state index contributed by atoms with van der Waals surface area (Å²) in [6.07, 6.45) is 0.853. The number of benzene rings is 3. The molecule has 0 spiro atoms. The lowest BCUT2D eigenvalue weighted by Gasteiger charge is -2.15. The van der Waals surface area contributed by atoms with Crippen molar-refractivity contribution in [2.45, 2.75) is 11.3 Å². The van der Waals surface area contributed by atoms with Crippen molar-refractivity contribution in [2.75, 3.05) is 16.6 Å². The Balaban J connectivity index is 1.74. The molecule has 0 atom stereocenters. The lowest BCUT2D eigenvalue weighted by molar-refractivity contribution is 0.601. The van der Waals surface area contributed by atoms with Crippen LogP contribution in [0.4, 0.5) is 11.4 Å². The number of rotatable bonds is 7. The van der Waals surface area contributed by atoms with Gasteiger partial charge in [-0.15, -0.1) is 0 Å². The predicted molar refractivity (Wildman–Crippen MR) is 110 cm³/mol. The van der Waals surface area contributed by atoms with Crippen LogP contribution in [0.25, 0.3) is 0 Å². The Morgan fingerprint density at radius 3 is 2.12 bits per heavy atom. The Hall–Kier alpha value is -2.31. The highest BCUT2D eigenvalue weighted by Crippen LogP contribution is 2.27. The molecule has 0 aliphatic heterocycles. The highest BCUT2D eigenvalue weighted by Gasteiger charge is 2.18. The molecule has 0 radical (unpaired) electrons. The van der Waals surface area contributed by atoms with Crippen molar-refractivity contribution in [3.05, 3.63) is 88.9 Å². The van der Waals surface area contributed by atoms with E-state index in [0.29, 0.717) is 16.7 Å². The molecular formula is C20H19BrN2O2S. The summed E-state index contributed by atoms with van der Waals surface area (Å²) in [5.74, 6) is 0. The fraction of sp³-hybridized carbons (Fsp3) is 0.100. The number of sulfonamides is 1. The summed E-state index contributed by atoms with van der Waals surface area (Å²) in [6, 6.07) is 24.2. The van der Waals surface area contributed by atoms with Gasteiger partial charge in [0.1, 0.15) is 4.90 Å². The van der Waals surface area contributed by atoms with Crippen LogP contribution >= 0.6 is 15.9 Å². The lowest BCUT2D eigenvalue weighted by Crippen LogP contribution is -2.15. The second-order valence-electron chi connectivity index (χ2n) is 5.74. The van der Waals surface area contributed by atoms with Gasteiger partial charge < -0.3 is 5.32 Å². The molecule has 3 rings (SSSR count). The van der Waals surface area contributed by atoms with Gasteiger partial charge in [0, 0.05) is 11.0 Å². The molecule has 0 aromatic heterocycles. The maximum absolute atomic E-state index is 12.7. The van der Waals surface area contributed by atoms with Gasteiger partial charge in [-0.3, -0.25) is 4.72 Å². The molecule has 2 N–H and O–H groups in total. The first kappa shape index (κ1) is 18.5. The van der Waals surface area contributed by atoms with E-state index in [1.54, 1.807) is 36.4 Å². The van der Waals surface area contributed by atoms with Gasteiger partial charge in [-0.25, -0.2) is 8.42 Å². The smallest absolute Gasteiger partial charge is 0.263 e. The van der Waals surface area contributed by atoms with E-state index < -0.39 is 10.0 Å². The molecule has 0 aliphatic carbocycles. The number of halogens is 1. The summed E-state index contributed by atoms with van der Waals surface area (Å²) in [4.78, 5) is 0.207. The topological polar surface area (TPSA) is 58.2 Å². The van der Waals surface area contributed by atoms with Crippen LogP contribution in [0.3, 0.4) is 0 Å². The fourth-order valence-corrected chi connectivity index (χ4v) is 4.66. The standard InChI is InChI=1S/C20H19BrN2O2S/c21-17-10-4-7-13-20(17)26(24,25)23-19-12-6-5-11-18(19)22-15-14-16-8-2-1-3-9-16/h1-13,22-23H,14-15H2. The molecule has 4 nitrogen and oxygen atoms in total. The van der Waals surface area contributed by atoms with Crippen molar-refractivity contribution >= 4 is 37.3 Å². The maximum Gasteiger partial charge on any atom is 0.263 e. The van der Waals surface area contributed by atoms with Crippen LogP contribution in [0.2, 0.25) is 0 Å². The number of hydrogen-bond acceptors (Lipinski definition) is 3. The summed E-state index contributed by atoms with van der Waals surface area (Å²) in [5.41, 5.74) is 2.50. The van der Waals surface area contributed by atoms with Gasteiger partial charge in [-0.05, 0) is 52.2 Å². The molecule has 6 heteroatoms. The molecule has 3 aromatic rings. The molecule has 0 saturated carbocycles. The van der Waals surface area contributed by atoms with Crippen LogP contribution in [0, 0.1) is 0 Å². The summed E-state index contributed by atoms with van der Waals surface area (Å²) in [7, 11) is -3.68. The van der Waals surface area contributed by atoms with Crippen LogP contribution in [0.5, 0.6) is 0 Å². The summed E-state index contributed by atoms with van der Waals surface area (Å²) in [6.45, 7) is 0.706. The van der Waals surface area contributed by atoms with Crippen LogP contribution in [0.15, 0.2) is 88.2 Å². The molecule has 26 heavy (non-hydrogen) atoms. The van der Waals surface area contributed by atoms with Gasteiger partial charge in [0.05, 0.1) is 11.4 Å². The third kappa shape index (κ3) is 4.65. The minimum atomic E-state index is -3.68. The van der Waals surface area contributed by atoms with E-state index in [1.165, 1.54) is 5.56 Å². The molecule has 0 heterocycles. The third-order valence-electron chi connectivity index (χ3n) is 3.87. The van der Waals surface area contributed by atoms with Crippen LogP contribution in [0.1, 0.15) is 5.56 Å². The second kappa shape index (κ2) is 8.38. The van der Waals surface area contributed by atoms with Crippen molar-refractivity contribution in [3.8, 4) is 0 Å². The Labute approximate surface area is 162 Å². The molecule has 0 bridgehead atoms. The number of para-hydroxylation sites is 2. The SMILES string of the molecule is O=S(=O)(Nc1ccccc1NCCc1ccccc1)c1ccccc1Br. The summed E-state index contributed by atoms with van der Waals surface area (Å²) in [5, 5.41) is 3.31. The summed E-state index contributed by atoms with van der Waals surface area (Å²) >= 11 is 3.30. The molecule has 134 valence electrons. The zero-order valence-corrected chi connectivity index (χ0v) is 16.4. The first-order valence-electron chi connectivity index (χ1n) is 8.20. The molecule has 0 aliphatic rings. The first-order chi connectivity index (χ1) is 12.6. The van der Waals surface area contributed by atoms with Crippen molar-refractivity contribution < 1.29 is 8.42 Å². The third-order valence-corrected chi connectivity index (χ3v) is 6.25. The highest BCUT2D eigenvalue weighted by atomic mass is 79.9. The van der Waals surface area contributed by atoms with E-state index in [0.717, 1.165) is 12.1 Å². The molecular weight excluding hydrogens is 412 g/mol. The highest BCUT2D eigenvalue weighted by molar-refractivity contribution is 9.10. The Morgan fingerprint density at radius 2 is 1.38 bits per heavy atom. The molecule has 0 saturated heterocycles. The van der Waals surface area contributed by atoms with Gasteiger partial charge >= 0.3 is 0 Å². The summed E-state index contributed by atoms with van der Waals surface area (Å²) < 4.78 is 28.6. The number of anilines is 2. The monoisotopic (exact) mass is 430 g/mol. The van der Waals surface area contributed by atoms with Gasteiger partial charge in [0.15, 0.2) is 0 Å². The molecule has 3 aromatic carbocycles. The van der Waals surface area contributed by atoms with Gasteiger partial charge in [-0.1, -0.05) is 54.6 Å². The van der Waals surface area contributed by atoms with Crippen molar-refractivity contribution in [1.29, 1.82) is 0 Å². The zero-order chi connectivity index (χ0) is 18.4. The van der Waals surface area contributed by atoms with E-state index in [2.05, 4.69) is 38.1 Å². The number of hydrogen-bond donors (Lipinski definition) is 2. The molecule has 0 amide bonds. The van der Waals surface area contributed by atoms with Crippen LogP contribution in [-0.2, 0) is 16.4 Å². The zero-order valence-electron chi connectivity index (χ0n) is 14.0. The van der Waals surface area contributed by atoms with Crippen LogP contribution < -0.4 is 10.0 Å². The van der Waals surface area contributed by atoms with Crippen molar-refractivity contribution in [2.24, 2.45) is 0 Å². The van der Waals surface area contributed by atoms with E-state index in [4.69, 9.17) is 0 Å².